The monoisotopic (exact) mass is 311 g/mol. The van der Waals surface area contributed by atoms with Gasteiger partial charge in [-0.1, -0.05) is 13.8 Å². The lowest BCUT2D eigenvalue weighted by atomic mass is 10.1. The summed E-state index contributed by atoms with van der Waals surface area (Å²) in [6.07, 6.45) is 3.64. The van der Waals surface area contributed by atoms with E-state index in [4.69, 9.17) is 0 Å². The highest BCUT2D eigenvalue weighted by atomic mass is 32.2. The van der Waals surface area contributed by atoms with Crippen LogP contribution in [0.15, 0.2) is 5.03 Å². The molecule has 0 radical (unpaired) electrons. The summed E-state index contributed by atoms with van der Waals surface area (Å²) in [5.74, 6) is 0.587. The molecular weight excluding hydrogens is 286 g/mol. The summed E-state index contributed by atoms with van der Waals surface area (Å²) in [6.45, 7) is 8.08. The Labute approximate surface area is 131 Å². The van der Waals surface area contributed by atoms with Gasteiger partial charge in [0.05, 0.1) is 17.9 Å². The Morgan fingerprint density at radius 3 is 2.38 bits per heavy atom. The molecule has 1 heterocycles. The first-order chi connectivity index (χ1) is 9.99. The molecule has 1 N–H and O–H groups in total. The lowest BCUT2D eigenvalue weighted by Crippen LogP contribution is -2.42. The number of carbonyl (C=O) groups excluding carboxylic acids is 1. The van der Waals surface area contributed by atoms with Gasteiger partial charge in [0.1, 0.15) is 10.9 Å². The van der Waals surface area contributed by atoms with E-state index in [2.05, 4.69) is 23.8 Å². The molecule has 0 saturated carbocycles. The number of rotatable bonds is 7. The second-order valence-electron chi connectivity index (χ2n) is 4.93. The highest BCUT2D eigenvalue weighted by Crippen LogP contribution is 2.24. The largest absolute Gasteiger partial charge is 0.395 e. The highest BCUT2D eigenvalue weighted by molar-refractivity contribution is 7.98. The van der Waals surface area contributed by atoms with Gasteiger partial charge in [0.15, 0.2) is 0 Å². The molecular formula is C15H25N3O2S. The van der Waals surface area contributed by atoms with Crippen LogP contribution in [0.4, 0.5) is 0 Å². The normalized spacial score (nSPS) is 11.0. The van der Waals surface area contributed by atoms with E-state index >= 15 is 0 Å². The first-order valence-electron chi connectivity index (χ1n) is 7.31. The van der Waals surface area contributed by atoms with Crippen LogP contribution in [0.2, 0.25) is 0 Å². The molecule has 0 aromatic carbocycles. The van der Waals surface area contributed by atoms with Gasteiger partial charge in [-0.05, 0) is 32.9 Å². The fraction of sp³-hybridized carbons (Fsp3) is 0.667. The van der Waals surface area contributed by atoms with Gasteiger partial charge in [0.2, 0.25) is 0 Å². The average molecular weight is 311 g/mol. The molecule has 0 bridgehead atoms. The second kappa shape index (κ2) is 8.34. The van der Waals surface area contributed by atoms with E-state index in [1.807, 2.05) is 20.1 Å². The summed E-state index contributed by atoms with van der Waals surface area (Å²) in [4.78, 5) is 23.4. The predicted molar refractivity (Wildman–Crippen MR) is 85.8 cm³/mol. The van der Waals surface area contributed by atoms with Crippen molar-refractivity contribution in [1.82, 2.24) is 14.9 Å². The zero-order chi connectivity index (χ0) is 16.0. The number of carbonyl (C=O) groups is 1. The van der Waals surface area contributed by atoms with E-state index in [-0.39, 0.29) is 18.6 Å². The molecule has 118 valence electrons. The molecule has 0 aliphatic heterocycles. The fourth-order valence-electron chi connectivity index (χ4n) is 2.51. The Bertz CT molecular complexity index is 490. The first-order valence-corrected chi connectivity index (χ1v) is 8.53. The van der Waals surface area contributed by atoms with Gasteiger partial charge in [-0.3, -0.25) is 4.79 Å². The van der Waals surface area contributed by atoms with Gasteiger partial charge in [-0.2, -0.15) is 0 Å². The van der Waals surface area contributed by atoms with Crippen LogP contribution in [0.3, 0.4) is 0 Å². The summed E-state index contributed by atoms with van der Waals surface area (Å²) >= 11 is 1.45. The third-order valence-corrected chi connectivity index (χ3v) is 4.24. The van der Waals surface area contributed by atoms with Crippen LogP contribution in [0, 0.1) is 13.8 Å². The van der Waals surface area contributed by atoms with E-state index < -0.39 is 0 Å². The van der Waals surface area contributed by atoms with Crippen LogP contribution in [-0.2, 0) is 0 Å². The topological polar surface area (TPSA) is 66.3 Å². The Hall–Kier alpha value is -1.14. The highest BCUT2D eigenvalue weighted by Gasteiger charge is 2.26. The molecule has 1 aromatic rings. The van der Waals surface area contributed by atoms with Gasteiger partial charge in [0, 0.05) is 12.6 Å². The smallest absolute Gasteiger partial charge is 0.258 e. The van der Waals surface area contributed by atoms with Crippen molar-refractivity contribution in [3.8, 4) is 0 Å². The van der Waals surface area contributed by atoms with Crippen molar-refractivity contribution in [2.75, 3.05) is 19.4 Å². The number of aromatic nitrogens is 2. The summed E-state index contributed by atoms with van der Waals surface area (Å²) in [6, 6.07) is 0.125. The molecule has 0 aliphatic rings. The molecule has 1 rings (SSSR count). The number of amides is 1. The van der Waals surface area contributed by atoms with Crippen molar-refractivity contribution in [2.45, 2.75) is 51.6 Å². The predicted octanol–water partition coefficient (Wildman–Crippen LogP) is 2.44. The number of hydrogen-bond acceptors (Lipinski definition) is 5. The Morgan fingerprint density at radius 2 is 1.90 bits per heavy atom. The Balaban J connectivity index is 3.26. The van der Waals surface area contributed by atoms with E-state index in [0.29, 0.717) is 28.7 Å². The van der Waals surface area contributed by atoms with Crippen molar-refractivity contribution in [3.63, 3.8) is 0 Å². The number of nitrogens with zero attached hydrogens (tertiary/aromatic N) is 3. The van der Waals surface area contributed by atoms with Crippen LogP contribution < -0.4 is 0 Å². The Kier molecular flexibility index (Phi) is 7.11. The number of aliphatic hydroxyl groups is 1. The minimum Gasteiger partial charge on any atom is -0.395 e. The zero-order valence-electron chi connectivity index (χ0n) is 13.5. The van der Waals surface area contributed by atoms with E-state index in [1.54, 1.807) is 4.90 Å². The third-order valence-electron chi connectivity index (χ3n) is 3.56. The standard InChI is InChI=1S/C15H25N3O2S/c1-6-12(7-2)18(8-9-19)15(20)13-10(3)16-11(4)17-14(13)21-5/h12,19H,6-9H2,1-5H3. The summed E-state index contributed by atoms with van der Waals surface area (Å²) < 4.78 is 0. The Morgan fingerprint density at radius 1 is 1.29 bits per heavy atom. The maximum Gasteiger partial charge on any atom is 0.258 e. The van der Waals surface area contributed by atoms with E-state index in [1.165, 1.54) is 11.8 Å². The van der Waals surface area contributed by atoms with Gasteiger partial charge < -0.3 is 10.0 Å². The van der Waals surface area contributed by atoms with Crippen molar-refractivity contribution >= 4 is 17.7 Å². The molecule has 6 heteroatoms. The van der Waals surface area contributed by atoms with Crippen LogP contribution in [0.1, 0.15) is 48.6 Å². The minimum atomic E-state index is -0.0837. The van der Waals surface area contributed by atoms with Crippen LogP contribution in [-0.4, -0.2) is 51.3 Å². The van der Waals surface area contributed by atoms with Gasteiger partial charge >= 0.3 is 0 Å². The molecule has 0 fully saturated rings. The molecule has 0 aliphatic carbocycles. The van der Waals surface area contributed by atoms with Crippen LogP contribution >= 0.6 is 11.8 Å². The maximum absolute atomic E-state index is 12.9. The van der Waals surface area contributed by atoms with Gasteiger partial charge in [-0.15, -0.1) is 11.8 Å². The molecule has 0 atom stereocenters. The molecule has 0 saturated heterocycles. The molecule has 0 unspecified atom stereocenters. The van der Waals surface area contributed by atoms with E-state index in [9.17, 15) is 9.90 Å². The average Bonchev–Trinajstić information content (AvgIpc) is 2.46. The fourth-order valence-corrected chi connectivity index (χ4v) is 3.17. The van der Waals surface area contributed by atoms with Crippen molar-refractivity contribution in [1.29, 1.82) is 0 Å². The molecule has 21 heavy (non-hydrogen) atoms. The lowest BCUT2D eigenvalue weighted by Gasteiger charge is -2.30. The van der Waals surface area contributed by atoms with E-state index in [0.717, 1.165) is 12.8 Å². The first kappa shape index (κ1) is 17.9. The summed E-state index contributed by atoms with van der Waals surface area (Å²) in [5.41, 5.74) is 1.26. The molecule has 5 nitrogen and oxygen atoms in total. The van der Waals surface area contributed by atoms with Crippen LogP contribution in [0.25, 0.3) is 0 Å². The third kappa shape index (κ3) is 4.17. The number of hydrogen-bond donors (Lipinski definition) is 1. The maximum atomic E-state index is 12.9. The zero-order valence-corrected chi connectivity index (χ0v) is 14.3. The SMILES string of the molecule is CCC(CC)N(CCO)C(=O)c1c(C)nc(C)nc1SC. The van der Waals surface area contributed by atoms with Crippen molar-refractivity contribution in [2.24, 2.45) is 0 Å². The molecule has 0 spiro atoms. The summed E-state index contributed by atoms with van der Waals surface area (Å²) in [7, 11) is 0. The number of aliphatic hydroxyl groups excluding tert-OH is 1. The van der Waals surface area contributed by atoms with Gasteiger partial charge in [0.25, 0.3) is 5.91 Å². The number of thioether (sulfide) groups is 1. The molecule has 1 amide bonds. The van der Waals surface area contributed by atoms with Crippen molar-refractivity contribution < 1.29 is 9.90 Å². The summed E-state index contributed by atoms with van der Waals surface area (Å²) in [5, 5.41) is 9.99. The number of aryl methyl sites for hydroxylation is 2. The lowest BCUT2D eigenvalue weighted by molar-refractivity contribution is 0.0616. The van der Waals surface area contributed by atoms with Crippen molar-refractivity contribution in [3.05, 3.63) is 17.1 Å². The second-order valence-corrected chi connectivity index (χ2v) is 5.73. The van der Waals surface area contributed by atoms with Gasteiger partial charge in [-0.25, -0.2) is 9.97 Å². The minimum absolute atomic E-state index is 0.0391. The van der Waals surface area contributed by atoms with Crippen LogP contribution in [0.5, 0.6) is 0 Å². The molecule has 1 aromatic heterocycles. The quantitative estimate of drug-likeness (QED) is 0.619.